The molecule has 0 amide bonds. The van der Waals surface area contributed by atoms with Gasteiger partial charge < -0.3 is 10.1 Å². The molecule has 4 nitrogen and oxygen atoms in total. The molecule has 0 aliphatic rings. The molecular weight excluding hydrogens is 244 g/mol. The van der Waals surface area contributed by atoms with Crippen LogP contribution in [0, 0.1) is 0 Å². The molecule has 0 radical (unpaired) electrons. The first-order valence-corrected chi connectivity index (χ1v) is 6.38. The minimum atomic E-state index is 0.326. The van der Waals surface area contributed by atoms with E-state index in [0.717, 1.165) is 24.3 Å². The largest absolute Gasteiger partial charge is 0.393 e. The molecule has 2 N–H and O–H groups in total. The van der Waals surface area contributed by atoms with Crippen molar-refractivity contribution in [1.82, 2.24) is 14.3 Å². The molecule has 2 heterocycles. The number of pyridine rings is 1. The van der Waals surface area contributed by atoms with Crippen LogP contribution in [-0.2, 0) is 6.54 Å². The highest BCUT2D eigenvalue weighted by Gasteiger charge is 2.12. The monoisotopic (exact) mass is 262 g/mol. The molecule has 2 rings (SSSR count). The number of imidazole rings is 1. The molecule has 0 saturated heterocycles. The Balaban J connectivity index is 2.06. The number of rotatable bonds is 5. The summed E-state index contributed by atoms with van der Waals surface area (Å²) in [6, 6.07) is 6.32. The maximum absolute atomic E-state index is 5.57. The van der Waals surface area contributed by atoms with Crippen molar-refractivity contribution in [2.75, 3.05) is 7.05 Å². The molecule has 0 saturated carbocycles. The predicted octanol–water partition coefficient (Wildman–Crippen LogP) is 1.83. The third kappa shape index (κ3) is 3.05. The van der Waals surface area contributed by atoms with Gasteiger partial charge in [-0.05, 0) is 26.1 Å². The first-order chi connectivity index (χ1) is 8.56. The number of aromatic nitrogens is 2. The molecular formula is C13H18N4S. The number of hydrogen-bond acceptors (Lipinski definition) is 3. The van der Waals surface area contributed by atoms with Crippen LogP contribution >= 0.6 is 12.2 Å². The SMILES string of the molecule is CC(CC(N)=S)N(C)Cc1cn2ccccc2n1. The lowest BCUT2D eigenvalue weighted by molar-refractivity contribution is 0.253. The van der Waals surface area contributed by atoms with E-state index in [1.165, 1.54) is 0 Å². The molecule has 2 aromatic heterocycles. The Bertz CT molecular complexity index is 516. The summed E-state index contributed by atoms with van der Waals surface area (Å²) >= 11 is 4.94. The Kier molecular flexibility index (Phi) is 3.93. The van der Waals surface area contributed by atoms with Gasteiger partial charge in [0.25, 0.3) is 0 Å². The van der Waals surface area contributed by atoms with E-state index in [2.05, 4.69) is 30.1 Å². The number of nitrogens with zero attached hydrogens (tertiary/aromatic N) is 3. The topological polar surface area (TPSA) is 46.6 Å². The number of hydrogen-bond donors (Lipinski definition) is 1. The molecule has 1 unspecified atom stereocenters. The lowest BCUT2D eigenvalue weighted by atomic mass is 10.2. The van der Waals surface area contributed by atoms with E-state index < -0.39 is 0 Å². The van der Waals surface area contributed by atoms with Crippen LogP contribution < -0.4 is 5.73 Å². The van der Waals surface area contributed by atoms with Crippen molar-refractivity contribution in [1.29, 1.82) is 0 Å². The minimum Gasteiger partial charge on any atom is -0.393 e. The zero-order chi connectivity index (χ0) is 13.1. The summed E-state index contributed by atoms with van der Waals surface area (Å²) in [5.74, 6) is 0. The van der Waals surface area contributed by atoms with E-state index in [1.807, 2.05) is 28.8 Å². The fourth-order valence-electron chi connectivity index (χ4n) is 1.92. The summed E-state index contributed by atoms with van der Waals surface area (Å²) in [7, 11) is 2.06. The van der Waals surface area contributed by atoms with E-state index in [9.17, 15) is 0 Å². The highest BCUT2D eigenvalue weighted by molar-refractivity contribution is 7.80. The summed E-state index contributed by atoms with van der Waals surface area (Å²) in [6.07, 6.45) is 4.79. The van der Waals surface area contributed by atoms with Crippen LogP contribution in [0.4, 0.5) is 0 Å². The lowest BCUT2D eigenvalue weighted by Gasteiger charge is -2.23. The summed E-state index contributed by atoms with van der Waals surface area (Å²) in [4.78, 5) is 7.34. The quantitative estimate of drug-likeness (QED) is 0.835. The average Bonchev–Trinajstić information content (AvgIpc) is 2.69. The molecule has 0 aliphatic heterocycles. The highest BCUT2D eigenvalue weighted by atomic mass is 32.1. The van der Waals surface area contributed by atoms with Crippen molar-refractivity contribution in [2.24, 2.45) is 5.73 Å². The smallest absolute Gasteiger partial charge is 0.137 e. The standard InChI is InChI=1S/C13H18N4S/c1-10(7-12(14)18)16(2)8-11-9-17-6-4-3-5-13(17)15-11/h3-6,9-10H,7-8H2,1-2H3,(H2,14,18). The first kappa shape index (κ1) is 13.0. The molecule has 5 heteroatoms. The normalized spacial score (nSPS) is 13.1. The van der Waals surface area contributed by atoms with E-state index >= 15 is 0 Å². The molecule has 1 atom stereocenters. The van der Waals surface area contributed by atoms with Crippen molar-refractivity contribution < 1.29 is 0 Å². The fourth-order valence-corrected chi connectivity index (χ4v) is 2.16. The molecule has 96 valence electrons. The fraction of sp³-hybridized carbons (Fsp3) is 0.385. The molecule has 0 aliphatic carbocycles. The Hall–Kier alpha value is -1.46. The maximum atomic E-state index is 5.57. The second-order valence-electron chi connectivity index (χ2n) is 4.63. The van der Waals surface area contributed by atoms with Gasteiger partial charge in [-0.2, -0.15) is 0 Å². The van der Waals surface area contributed by atoms with Gasteiger partial charge in [0, 0.05) is 31.4 Å². The van der Waals surface area contributed by atoms with Crippen molar-refractivity contribution in [2.45, 2.75) is 25.9 Å². The number of thiocarbonyl (C=S) groups is 1. The maximum Gasteiger partial charge on any atom is 0.137 e. The molecule has 2 aromatic rings. The van der Waals surface area contributed by atoms with Gasteiger partial charge in [0.1, 0.15) is 5.65 Å². The summed E-state index contributed by atoms with van der Waals surface area (Å²) in [5.41, 5.74) is 7.60. The highest BCUT2D eigenvalue weighted by Crippen LogP contribution is 2.10. The Labute approximate surface area is 112 Å². The summed E-state index contributed by atoms with van der Waals surface area (Å²) in [5, 5.41) is 0. The van der Waals surface area contributed by atoms with E-state index in [0.29, 0.717) is 11.0 Å². The van der Waals surface area contributed by atoms with Crippen molar-refractivity contribution >= 4 is 22.9 Å². The van der Waals surface area contributed by atoms with E-state index in [4.69, 9.17) is 18.0 Å². The molecule has 0 spiro atoms. The summed E-state index contributed by atoms with van der Waals surface area (Å²) < 4.78 is 2.03. The van der Waals surface area contributed by atoms with Gasteiger partial charge in [-0.3, -0.25) is 4.90 Å². The second kappa shape index (κ2) is 5.46. The molecule has 0 bridgehead atoms. The van der Waals surface area contributed by atoms with Gasteiger partial charge in [0.15, 0.2) is 0 Å². The van der Waals surface area contributed by atoms with Crippen LogP contribution in [0.25, 0.3) is 5.65 Å². The van der Waals surface area contributed by atoms with Crippen molar-refractivity contribution in [3.05, 3.63) is 36.3 Å². The van der Waals surface area contributed by atoms with Gasteiger partial charge in [-0.25, -0.2) is 4.98 Å². The first-order valence-electron chi connectivity index (χ1n) is 5.97. The van der Waals surface area contributed by atoms with Gasteiger partial charge in [-0.1, -0.05) is 18.3 Å². The van der Waals surface area contributed by atoms with Crippen LogP contribution in [-0.4, -0.2) is 32.4 Å². The minimum absolute atomic E-state index is 0.326. The Morgan fingerprint density at radius 1 is 1.56 bits per heavy atom. The Morgan fingerprint density at radius 2 is 2.33 bits per heavy atom. The third-order valence-electron chi connectivity index (χ3n) is 3.07. The zero-order valence-corrected chi connectivity index (χ0v) is 11.5. The lowest BCUT2D eigenvalue weighted by Crippen LogP contribution is -2.32. The van der Waals surface area contributed by atoms with Gasteiger partial charge in [0.2, 0.25) is 0 Å². The van der Waals surface area contributed by atoms with Crippen LogP contribution in [0.15, 0.2) is 30.6 Å². The van der Waals surface area contributed by atoms with Crippen LogP contribution in [0.1, 0.15) is 19.0 Å². The third-order valence-corrected chi connectivity index (χ3v) is 3.24. The van der Waals surface area contributed by atoms with Gasteiger partial charge in [-0.15, -0.1) is 0 Å². The predicted molar refractivity (Wildman–Crippen MR) is 77.5 cm³/mol. The van der Waals surface area contributed by atoms with Gasteiger partial charge >= 0.3 is 0 Å². The van der Waals surface area contributed by atoms with Crippen LogP contribution in [0.2, 0.25) is 0 Å². The van der Waals surface area contributed by atoms with Gasteiger partial charge in [0.05, 0.1) is 10.7 Å². The van der Waals surface area contributed by atoms with Crippen molar-refractivity contribution in [3.8, 4) is 0 Å². The molecule has 0 aromatic carbocycles. The zero-order valence-electron chi connectivity index (χ0n) is 10.7. The second-order valence-corrected chi connectivity index (χ2v) is 5.16. The summed E-state index contributed by atoms with van der Waals surface area (Å²) in [6.45, 7) is 2.92. The van der Waals surface area contributed by atoms with Crippen LogP contribution in [0.5, 0.6) is 0 Å². The Morgan fingerprint density at radius 3 is 3.00 bits per heavy atom. The number of nitrogens with two attached hydrogens (primary N) is 1. The van der Waals surface area contributed by atoms with Crippen molar-refractivity contribution in [3.63, 3.8) is 0 Å². The number of fused-ring (bicyclic) bond motifs is 1. The average molecular weight is 262 g/mol. The molecule has 18 heavy (non-hydrogen) atoms. The molecule has 0 fully saturated rings. The van der Waals surface area contributed by atoms with E-state index in [1.54, 1.807) is 0 Å². The van der Waals surface area contributed by atoms with Crippen LogP contribution in [0.3, 0.4) is 0 Å². The van der Waals surface area contributed by atoms with E-state index in [-0.39, 0.29) is 0 Å².